The van der Waals surface area contributed by atoms with E-state index in [1.54, 1.807) is 0 Å². The molecule has 1 heterocycles. The Morgan fingerprint density at radius 3 is 2.39 bits per heavy atom. The molecule has 0 aromatic carbocycles. The minimum absolute atomic E-state index is 0.0179. The molecule has 1 saturated heterocycles. The Kier molecular flexibility index (Phi) is 6.09. The number of amides is 1. The highest BCUT2D eigenvalue weighted by Gasteiger charge is 2.25. The number of rotatable bonds is 5. The standard InChI is InChI=1S/C14H29N3O/c1-5-17-8-6-12(7-9-17)16(4)14(18)10-13(15)11(2)3/h11-13H,5-10,15H2,1-4H3. The number of piperidine rings is 1. The number of carbonyl (C=O) groups excluding carboxylic acids is 1. The van der Waals surface area contributed by atoms with Crippen molar-refractivity contribution in [2.24, 2.45) is 11.7 Å². The SMILES string of the molecule is CCN1CCC(N(C)C(=O)CC(N)C(C)C)CC1. The Labute approximate surface area is 111 Å². The van der Waals surface area contributed by atoms with Crippen LogP contribution in [-0.4, -0.2) is 54.5 Å². The molecule has 106 valence electrons. The number of hydrogen-bond donors (Lipinski definition) is 1. The molecule has 4 nitrogen and oxygen atoms in total. The van der Waals surface area contributed by atoms with Gasteiger partial charge in [0.15, 0.2) is 0 Å². The topological polar surface area (TPSA) is 49.6 Å². The average molecular weight is 255 g/mol. The van der Waals surface area contributed by atoms with Crippen LogP contribution in [0.4, 0.5) is 0 Å². The number of nitrogens with two attached hydrogens (primary N) is 1. The zero-order valence-electron chi connectivity index (χ0n) is 12.4. The van der Waals surface area contributed by atoms with Crippen LogP contribution >= 0.6 is 0 Å². The fourth-order valence-corrected chi connectivity index (χ4v) is 2.41. The molecule has 1 atom stereocenters. The van der Waals surface area contributed by atoms with Crippen LogP contribution in [0.25, 0.3) is 0 Å². The van der Waals surface area contributed by atoms with E-state index in [0.717, 1.165) is 32.5 Å². The van der Waals surface area contributed by atoms with E-state index in [1.807, 2.05) is 11.9 Å². The molecule has 0 aromatic heterocycles. The molecule has 1 amide bonds. The summed E-state index contributed by atoms with van der Waals surface area (Å²) in [6.45, 7) is 9.65. The Hall–Kier alpha value is -0.610. The Morgan fingerprint density at radius 1 is 1.39 bits per heavy atom. The fraction of sp³-hybridized carbons (Fsp3) is 0.929. The van der Waals surface area contributed by atoms with Gasteiger partial charge in [-0.3, -0.25) is 4.79 Å². The van der Waals surface area contributed by atoms with Crippen molar-refractivity contribution in [2.45, 2.75) is 52.1 Å². The predicted octanol–water partition coefficient (Wildman–Crippen LogP) is 1.30. The molecule has 1 rings (SSSR count). The van der Waals surface area contributed by atoms with Crippen molar-refractivity contribution in [3.63, 3.8) is 0 Å². The zero-order chi connectivity index (χ0) is 13.7. The van der Waals surface area contributed by atoms with E-state index in [-0.39, 0.29) is 11.9 Å². The molecule has 0 aliphatic carbocycles. The third-order valence-electron chi connectivity index (χ3n) is 4.21. The van der Waals surface area contributed by atoms with Gasteiger partial charge in [0.1, 0.15) is 0 Å². The van der Waals surface area contributed by atoms with Gasteiger partial charge in [0.2, 0.25) is 5.91 Å². The normalized spacial score (nSPS) is 20.1. The Bertz CT molecular complexity index is 260. The Morgan fingerprint density at radius 2 is 1.94 bits per heavy atom. The summed E-state index contributed by atoms with van der Waals surface area (Å²) in [6, 6.07) is 0.385. The quantitative estimate of drug-likeness (QED) is 0.805. The van der Waals surface area contributed by atoms with Crippen molar-refractivity contribution in [2.75, 3.05) is 26.7 Å². The van der Waals surface area contributed by atoms with Crippen LogP contribution in [0, 0.1) is 5.92 Å². The highest BCUT2D eigenvalue weighted by atomic mass is 16.2. The summed E-state index contributed by atoms with van der Waals surface area (Å²) in [5.74, 6) is 0.565. The molecule has 18 heavy (non-hydrogen) atoms. The van der Waals surface area contributed by atoms with E-state index in [9.17, 15) is 4.79 Å². The molecular formula is C14H29N3O. The van der Waals surface area contributed by atoms with E-state index >= 15 is 0 Å². The average Bonchev–Trinajstić information content (AvgIpc) is 2.37. The second-order valence-electron chi connectivity index (χ2n) is 5.78. The van der Waals surface area contributed by atoms with Crippen LogP contribution in [0.2, 0.25) is 0 Å². The van der Waals surface area contributed by atoms with Gasteiger partial charge in [0.25, 0.3) is 0 Å². The van der Waals surface area contributed by atoms with Gasteiger partial charge in [-0.1, -0.05) is 20.8 Å². The lowest BCUT2D eigenvalue weighted by molar-refractivity contribution is -0.133. The molecule has 0 radical (unpaired) electrons. The smallest absolute Gasteiger partial charge is 0.224 e. The molecule has 0 aromatic rings. The van der Waals surface area contributed by atoms with Crippen LogP contribution in [-0.2, 0) is 4.79 Å². The molecule has 0 saturated carbocycles. The van der Waals surface area contributed by atoms with E-state index in [2.05, 4.69) is 25.7 Å². The van der Waals surface area contributed by atoms with Gasteiger partial charge in [-0.25, -0.2) is 0 Å². The number of nitrogens with zero attached hydrogens (tertiary/aromatic N) is 2. The van der Waals surface area contributed by atoms with Crippen molar-refractivity contribution in [1.82, 2.24) is 9.80 Å². The summed E-state index contributed by atoms with van der Waals surface area (Å²) < 4.78 is 0. The predicted molar refractivity (Wildman–Crippen MR) is 75.3 cm³/mol. The summed E-state index contributed by atoms with van der Waals surface area (Å²) in [5.41, 5.74) is 5.97. The third-order valence-corrected chi connectivity index (χ3v) is 4.21. The van der Waals surface area contributed by atoms with Crippen molar-refractivity contribution in [1.29, 1.82) is 0 Å². The number of hydrogen-bond acceptors (Lipinski definition) is 3. The molecule has 1 aliphatic rings. The maximum Gasteiger partial charge on any atom is 0.224 e. The summed E-state index contributed by atoms with van der Waals surface area (Å²) in [4.78, 5) is 16.5. The summed E-state index contributed by atoms with van der Waals surface area (Å²) >= 11 is 0. The lowest BCUT2D eigenvalue weighted by atomic mass is 9.99. The summed E-state index contributed by atoms with van der Waals surface area (Å²) in [7, 11) is 1.93. The maximum absolute atomic E-state index is 12.1. The lowest BCUT2D eigenvalue weighted by Crippen LogP contribution is -2.47. The number of carbonyl (C=O) groups is 1. The molecule has 0 spiro atoms. The molecule has 1 aliphatic heterocycles. The Balaban J connectivity index is 2.40. The largest absolute Gasteiger partial charge is 0.343 e. The van der Waals surface area contributed by atoms with Gasteiger partial charge in [-0.05, 0) is 25.3 Å². The van der Waals surface area contributed by atoms with Gasteiger partial charge < -0.3 is 15.5 Å². The fourth-order valence-electron chi connectivity index (χ4n) is 2.41. The summed E-state index contributed by atoms with van der Waals surface area (Å²) in [5, 5.41) is 0. The maximum atomic E-state index is 12.1. The van der Waals surface area contributed by atoms with Gasteiger partial charge in [0, 0.05) is 38.6 Å². The minimum Gasteiger partial charge on any atom is -0.343 e. The first-order valence-corrected chi connectivity index (χ1v) is 7.19. The van der Waals surface area contributed by atoms with Crippen LogP contribution in [0.3, 0.4) is 0 Å². The van der Waals surface area contributed by atoms with Crippen molar-refractivity contribution >= 4 is 5.91 Å². The van der Waals surface area contributed by atoms with Gasteiger partial charge in [-0.2, -0.15) is 0 Å². The highest BCUT2D eigenvalue weighted by Crippen LogP contribution is 2.16. The van der Waals surface area contributed by atoms with Crippen molar-refractivity contribution < 1.29 is 4.79 Å². The molecular weight excluding hydrogens is 226 g/mol. The van der Waals surface area contributed by atoms with Crippen LogP contribution < -0.4 is 5.73 Å². The second-order valence-corrected chi connectivity index (χ2v) is 5.78. The molecule has 0 bridgehead atoms. The van der Waals surface area contributed by atoms with Crippen LogP contribution in [0.5, 0.6) is 0 Å². The van der Waals surface area contributed by atoms with Gasteiger partial charge in [-0.15, -0.1) is 0 Å². The first-order chi connectivity index (χ1) is 8.45. The van der Waals surface area contributed by atoms with E-state index in [4.69, 9.17) is 5.73 Å². The van der Waals surface area contributed by atoms with Gasteiger partial charge >= 0.3 is 0 Å². The minimum atomic E-state index is -0.0179. The second kappa shape index (κ2) is 7.10. The van der Waals surface area contributed by atoms with Crippen molar-refractivity contribution in [3.05, 3.63) is 0 Å². The number of likely N-dealkylation sites (tertiary alicyclic amines) is 1. The van der Waals surface area contributed by atoms with Crippen molar-refractivity contribution in [3.8, 4) is 0 Å². The third kappa shape index (κ3) is 4.25. The van der Waals surface area contributed by atoms with Crippen LogP contribution in [0.1, 0.15) is 40.0 Å². The first kappa shape index (κ1) is 15.4. The monoisotopic (exact) mass is 255 g/mol. The molecule has 2 N–H and O–H groups in total. The van der Waals surface area contributed by atoms with E-state index in [0.29, 0.717) is 18.4 Å². The molecule has 1 unspecified atom stereocenters. The molecule has 1 fully saturated rings. The van der Waals surface area contributed by atoms with E-state index in [1.165, 1.54) is 0 Å². The molecule has 4 heteroatoms. The van der Waals surface area contributed by atoms with Gasteiger partial charge in [0.05, 0.1) is 0 Å². The highest BCUT2D eigenvalue weighted by molar-refractivity contribution is 5.76. The summed E-state index contributed by atoms with van der Waals surface area (Å²) in [6.07, 6.45) is 2.65. The zero-order valence-corrected chi connectivity index (χ0v) is 12.4. The van der Waals surface area contributed by atoms with Crippen LogP contribution in [0.15, 0.2) is 0 Å². The van der Waals surface area contributed by atoms with E-state index < -0.39 is 0 Å². The first-order valence-electron chi connectivity index (χ1n) is 7.19. The lowest BCUT2D eigenvalue weighted by Gasteiger charge is -2.36.